The third kappa shape index (κ3) is 5.36. The molecule has 0 fully saturated rings. The summed E-state index contributed by atoms with van der Waals surface area (Å²) >= 11 is 1.44. The lowest BCUT2D eigenvalue weighted by Crippen LogP contribution is -2.16. The number of esters is 1. The third-order valence-electron chi connectivity index (χ3n) is 4.95. The minimum atomic E-state index is -0.714. The monoisotopic (exact) mass is 470 g/mol. The summed E-state index contributed by atoms with van der Waals surface area (Å²) in [6.45, 7) is 6.69. The molecule has 1 N–H and O–H groups in total. The average Bonchev–Trinajstić information content (AvgIpc) is 3.09. The minimum absolute atomic E-state index is 0.0539. The number of anilines is 1. The first-order chi connectivity index (χ1) is 15.8. The van der Waals surface area contributed by atoms with Crippen LogP contribution in [-0.2, 0) is 9.53 Å². The first kappa shape index (κ1) is 24.3. The van der Waals surface area contributed by atoms with Crippen molar-refractivity contribution in [3.63, 3.8) is 0 Å². The quantitative estimate of drug-likeness (QED) is 0.266. The number of furan rings is 1. The second-order valence-electron chi connectivity index (χ2n) is 7.29. The Morgan fingerprint density at radius 3 is 2.61 bits per heavy atom. The molecule has 9 heteroatoms. The molecule has 33 heavy (non-hydrogen) atoms. The summed E-state index contributed by atoms with van der Waals surface area (Å²) in [7, 11) is 1.61. The number of thioether (sulfide) groups is 1. The number of hydrogen-bond acceptors (Lipinski definition) is 8. The molecule has 0 radical (unpaired) electrons. The Hall–Kier alpha value is -3.33. The molecule has 174 valence electrons. The van der Waals surface area contributed by atoms with E-state index in [-0.39, 0.29) is 47.5 Å². The molecule has 0 aliphatic carbocycles. The Balaban J connectivity index is 1.71. The van der Waals surface area contributed by atoms with Crippen molar-refractivity contribution in [1.82, 2.24) is 4.98 Å². The van der Waals surface area contributed by atoms with Gasteiger partial charge in [-0.15, -0.1) is 11.8 Å². The molecule has 0 spiro atoms. The lowest BCUT2D eigenvalue weighted by molar-refractivity contribution is -0.115. The summed E-state index contributed by atoms with van der Waals surface area (Å²) in [6, 6.07) is 7.74. The molecule has 8 nitrogen and oxygen atoms in total. The number of para-hydroxylation sites is 1. The van der Waals surface area contributed by atoms with E-state index < -0.39 is 5.97 Å². The number of aromatic nitrogens is 1. The second-order valence-corrected chi connectivity index (χ2v) is 8.41. The van der Waals surface area contributed by atoms with Crippen LogP contribution in [0.25, 0.3) is 10.9 Å². The highest BCUT2D eigenvalue weighted by atomic mass is 32.2. The first-order valence-corrected chi connectivity index (χ1v) is 11.4. The van der Waals surface area contributed by atoms with Crippen LogP contribution in [0.2, 0.25) is 0 Å². The first-order valence-electron chi connectivity index (χ1n) is 10.4. The van der Waals surface area contributed by atoms with Crippen molar-refractivity contribution < 1.29 is 28.3 Å². The van der Waals surface area contributed by atoms with Gasteiger partial charge in [-0.3, -0.25) is 14.9 Å². The van der Waals surface area contributed by atoms with Gasteiger partial charge in [0.25, 0.3) is 0 Å². The van der Waals surface area contributed by atoms with Gasteiger partial charge in [-0.05, 0) is 45.4 Å². The number of hydrogen-bond donors (Lipinski definition) is 1. The number of fused-ring (bicyclic) bond motifs is 1. The molecule has 0 atom stereocenters. The number of Topliss-reactive ketones (excluding diaryl/α,β-unsaturated/α-hetero) is 1. The van der Waals surface area contributed by atoms with Gasteiger partial charge in [0.15, 0.2) is 5.78 Å². The van der Waals surface area contributed by atoms with E-state index in [1.807, 2.05) is 31.2 Å². The Morgan fingerprint density at radius 1 is 1.18 bits per heavy atom. The van der Waals surface area contributed by atoms with Gasteiger partial charge in [-0.25, -0.2) is 9.78 Å². The van der Waals surface area contributed by atoms with Gasteiger partial charge in [0.1, 0.15) is 22.6 Å². The molecule has 3 aromatic rings. The molecule has 0 saturated heterocycles. The number of carbonyl (C=O) groups is 3. The molecule has 2 heterocycles. The number of aryl methyl sites for hydroxylation is 2. The lowest BCUT2D eigenvalue weighted by Gasteiger charge is -2.09. The molecule has 0 saturated carbocycles. The molecule has 1 amide bonds. The van der Waals surface area contributed by atoms with E-state index in [1.165, 1.54) is 18.7 Å². The molecule has 0 unspecified atom stereocenters. The fraction of sp³-hybridized carbons (Fsp3) is 0.333. The van der Waals surface area contributed by atoms with Gasteiger partial charge in [0, 0.05) is 17.6 Å². The van der Waals surface area contributed by atoms with E-state index in [9.17, 15) is 14.4 Å². The van der Waals surface area contributed by atoms with E-state index in [4.69, 9.17) is 13.9 Å². The van der Waals surface area contributed by atoms with Crippen LogP contribution < -0.4 is 10.1 Å². The van der Waals surface area contributed by atoms with Crippen LogP contribution in [0.3, 0.4) is 0 Å². The summed E-state index contributed by atoms with van der Waals surface area (Å²) in [5, 5.41) is 4.39. The number of ketones is 1. The lowest BCUT2D eigenvalue weighted by atomic mass is 10.1. The van der Waals surface area contributed by atoms with Gasteiger partial charge in [-0.2, -0.15) is 0 Å². The van der Waals surface area contributed by atoms with Crippen molar-refractivity contribution in [2.75, 3.05) is 24.8 Å². The Kier molecular flexibility index (Phi) is 7.75. The fourth-order valence-corrected chi connectivity index (χ4v) is 4.40. The summed E-state index contributed by atoms with van der Waals surface area (Å²) in [4.78, 5) is 41.6. The Labute approximate surface area is 196 Å². The average molecular weight is 471 g/mol. The summed E-state index contributed by atoms with van der Waals surface area (Å²) < 4.78 is 16.0. The van der Waals surface area contributed by atoms with Crippen molar-refractivity contribution in [2.24, 2.45) is 0 Å². The molecule has 2 aromatic heterocycles. The molecule has 0 aliphatic rings. The predicted octanol–water partition coefficient (Wildman–Crippen LogP) is 4.95. The molecule has 0 aliphatic heterocycles. The predicted molar refractivity (Wildman–Crippen MR) is 126 cm³/mol. The third-order valence-corrected chi connectivity index (χ3v) is 5.87. The highest BCUT2D eigenvalue weighted by Gasteiger charge is 2.28. The maximum absolute atomic E-state index is 12.5. The minimum Gasteiger partial charge on any atom is -0.494 e. The zero-order valence-corrected chi connectivity index (χ0v) is 20.1. The van der Waals surface area contributed by atoms with Crippen molar-refractivity contribution in [1.29, 1.82) is 0 Å². The maximum atomic E-state index is 12.5. The molecule has 1 aromatic carbocycles. The number of ether oxygens (including phenoxy) is 2. The second kappa shape index (κ2) is 10.5. The van der Waals surface area contributed by atoms with E-state index in [1.54, 1.807) is 21.0 Å². The number of nitrogens with zero attached hydrogens (tertiary/aromatic N) is 1. The molecule has 0 bridgehead atoms. The van der Waals surface area contributed by atoms with E-state index >= 15 is 0 Å². The smallest absolute Gasteiger partial charge is 0.344 e. The van der Waals surface area contributed by atoms with Gasteiger partial charge in [0.2, 0.25) is 11.8 Å². The standard InChI is InChI=1S/C24H26N2O6S/c1-6-31-24(29)21-20(14(3)27)15(4)32-23(21)25-18(28)10-11-33-19-12-13(2)16-8-7-9-17(30-5)22(16)26-19/h7-9,12H,6,10-11H2,1-5H3,(H,25,28). The van der Waals surface area contributed by atoms with Gasteiger partial charge in [-0.1, -0.05) is 12.1 Å². The SMILES string of the molecule is CCOC(=O)c1c(NC(=O)CCSc2cc(C)c3cccc(OC)c3n2)oc(C)c1C(C)=O. The van der Waals surface area contributed by atoms with Crippen molar-refractivity contribution >= 4 is 46.2 Å². The largest absolute Gasteiger partial charge is 0.494 e. The van der Waals surface area contributed by atoms with Crippen LogP contribution in [0.4, 0.5) is 5.88 Å². The number of benzene rings is 1. The summed E-state index contributed by atoms with van der Waals surface area (Å²) in [5.74, 6) is -0.0933. The normalized spacial score (nSPS) is 10.8. The maximum Gasteiger partial charge on any atom is 0.344 e. The number of methoxy groups -OCH3 is 1. The van der Waals surface area contributed by atoms with Crippen LogP contribution in [-0.4, -0.2) is 42.1 Å². The van der Waals surface area contributed by atoms with Gasteiger partial charge >= 0.3 is 5.97 Å². The number of amides is 1. The molecular weight excluding hydrogens is 444 g/mol. The van der Waals surface area contributed by atoms with E-state index in [0.717, 1.165) is 21.5 Å². The van der Waals surface area contributed by atoms with Gasteiger partial charge < -0.3 is 13.9 Å². The number of nitrogens with one attached hydrogen (secondary N) is 1. The van der Waals surface area contributed by atoms with Crippen LogP contribution in [0.5, 0.6) is 5.75 Å². The zero-order valence-electron chi connectivity index (χ0n) is 19.2. The van der Waals surface area contributed by atoms with Crippen LogP contribution in [0, 0.1) is 13.8 Å². The fourth-order valence-electron chi connectivity index (χ4n) is 3.49. The van der Waals surface area contributed by atoms with Crippen molar-refractivity contribution in [3.8, 4) is 5.75 Å². The highest BCUT2D eigenvalue weighted by molar-refractivity contribution is 7.99. The Morgan fingerprint density at radius 2 is 1.94 bits per heavy atom. The van der Waals surface area contributed by atoms with E-state index in [0.29, 0.717) is 11.5 Å². The highest BCUT2D eigenvalue weighted by Crippen LogP contribution is 2.31. The molecule has 3 rings (SSSR count). The molecular formula is C24H26N2O6S. The van der Waals surface area contributed by atoms with Crippen LogP contribution >= 0.6 is 11.8 Å². The topological polar surface area (TPSA) is 108 Å². The van der Waals surface area contributed by atoms with Crippen LogP contribution in [0.1, 0.15) is 52.3 Å². The number of pyridine rings is 1. The van der Waals surface area contributed by atoms with E-state index in [2.05, 4.69) is 10.3 Å². The summed E-state index contributed by atoms with van der Waals surface area (Å²) in [6.07, 6.45) is 0.146. The summed E-state index contributed by atoms with van der Waals surface area (Å²) in [5.41, 5.74) is 1.89. The number of carbonyl (C=O) groups excluding carboxylic acids is 3. The number of rotatable bonds is 9. The van der Waals surface area contributed by atoms with Gasteiger partial charge in [0.05, 0.1) is 24.3 Å². The van der Waals surface area contributed by atoms with Crippen molar-refractivity contribution in [2.45, 2.75) is 39.1 Å². The van der Waals surface area contributed by atoms with Crippen LogP contribution in [0.15, 0.2) is 33.7 Å². The Bertz CT molecular complexity index is 1220. The van der Waals surface area contributed by atoms with Crippen molar-refractivity contribution in [3.05, 3.63) is 46.7 Å². The zero-order chi connectivity index (χ0) is 24.1.